The summed E-state index contributed by atoms with van der Waals surface area (Å²) in [5.74, 6) is 0.250. The molecule has 0 aromatic carbocycles. The molecule has 1 rings (SSSR count). The third kappa shape index (κ3) is 4.94. The zero-order valence-corrected chi connectivity index (χ0v) is 10.0. The van der Waals surface area contributed by atoms with E-state index >= 15 is 0 Å². The molecule has 4 nitrogen and oxygen atoms in total. The summed E-state index contributed by atoms with van der Waals surface area (Å²) < 4.78 is 0. The number of hydrogen-bond donors (Lipinski definition) is 2. The van der Waals surface area contributed by atoms with Crippen molar-refractivity contribution in [3.63, 3.8) is 0 Å². The van der Waals surface area contributed by atoms with Gasteiger partial charge in [0, 0.05) is 19.5 Å². The second-order valence-electron chi connectivity index (χ2n) is 4.56. The van der Waals surface area contributed by atoms with Crippen LogP contribution in [0.25, 0.3) is 0 Å². The molecule has 16 heavy (non-hydrogen) atoms. The number of nitrogens with zero attached hydrogens (tertiary/aromatic N) is 1. The first-order chi connectivity index (χ1) is 7.74. The number of carbonyl (C=O) groups is 1. The molecule has 1 aliphatic heterocycles. The maximum Gasteiger partial charge on any atom is 0.222 e. The molecular weight excluding hydrogens is 204 g/mol. The highest BCUT2D eigenvalue weighted by molar-refractivity contribution is 5.76. The van der Waals surface area contributed by atoms with Crippen molar-refractivity contribution in [2.24, 2.45) is 5.73 Å². The Morgan fingerprint density at radius 2 is 1.81 bits per heavy atom. The molecular formula is C12H24N2O2. The molecule has 0 aliphatic carbocycles. The van der Waals surface area contributed by atoms with E-state index in [2.05, 4.69) is 0 Å². The van der Waals surface area contributed by atoms with Crippen LogP contribution in [-0.4, -0.2) is 41.7 Å². The lowest BCUT2D eigenvalue weighted by Crippen LogP contribution is -2.39. The molecule has 1 amide bonds. The SMILES string of the molecule is NCCCCCCC(=O)N1CCC(O)CC1. The molecule has 3 N–H and O–H groups in total. The predicted octanol–water partition coefficient (Wildman–Crippen LogP) is 0.879. The number of likely N-dealkylation sites (tertiary alicyclic amines) is 1. The molecule has 0 bridgehead atoms. The third-order valence-electron chi connectivity index (χ3n) is 3.16. The van der Waals surface area contributed by atoms with Crippen LogP contribution in [0.4, 0.5) is 0 Å². The average Bonchev–Trinajstić information content (AvgIpc) is 2.29. The highest BCUT2D eigenvalue weighted by Gasteiger charge is 2.20. The highest BCUT2D eigenvalue weighted by atomic mass is 16.3. The van der Waals surface area contributed by atoms with Crippen LogP contribution in [0.15, 0.2) is 0 Å². The van der Waals surface area contributed by atoms with E-state index in [1.807, 2.05) is 4.90 Å². The minimum absolute atomic E-state index is 0.200. The number of rotatable bonds is 6. The fourth-order valence-corrected chi connectivity index (χ4v) is 2.05. The van der Waals surface area contributed by atoms with Gasteiger partial charge in [-0.3, -0.25) is 4.79 Å². The van der Waals surface area contributed by atoms with Gasteiger partial charge in [-0.05, 0) is 32.2 Å². The number of amides is 1. The number of nitrogens with two attached hydrogens (primary N) is 1. The Morgan fingerprint density at radius 3 is 2.44 bits per heavy atom. The van der Waals surface area contributed by atoms with Crippen LogP contribution in [0.3, 0.4) is 0 Å². The summed E-state index contributed by atoms with van der Waals surface area (Å²) in [7, 11) is 0. The lowest BCUT2D eigenvalue weighted by Gasteiger charge is -2.29. The molecule has 1 heterocycles. The Kier molecular flexibility index (Phi) is 6.42. The summed E-state index contributed by atoms with van der Waals surface area (Å²) in [6.07, 6.45) is 6.18. The molecule has 0 spiro atoms. The van der Waals surface area contributed by atoms with Crippen molar-refractivity contribution in [1.82, 2.24) is 4.90 Å². The van der Waals surface area contributed by atoms with E-state index < -0.39 is 0 Å². The first kappa shape index (κ1) is 13.5. The zero-order valence-electron chi connectivity index (χ0n) is 10.0. The Morgan fingerprint density at radius 1 is 1.19 bits per heavy atom. The standard InChI is InChI=1S/C12H24N2O2/c13-8-4-2-1-3-5-12(16)14-9-6-11(15)7-10-14/h11,15H,1-10,13H2. The third-order valence-corrected chi connectivity index (χ3v) is 3.16. The summed E-state index contributed by atoms with van der Waals surface area (Å²) >= 11 is 0. The zero-order chi connectivity index (χ0) is 11.8. The van der Waals surface area contributed by atoms with E-state index in [-0.39, 0.29) is 12.0 Å². The van der Waals surface area contributed by atoms with Crippen molar-refractivity contribution in [3.8, 4) is 0 Å². The van der Waals surface area contributed by atoms with Crippen molar-refractivity contribution in [3.05, 3.63) is 0 Å². The number of carbonyl (C=O) groups excluding carboxylic acids is 1. The Balaban J connectivity index is 2.06. The molecule has 0 saturated carbocycles. The monoisotopic (exact) mass is 228 g/mol. The fraction of sp³-hybridized carbons (Fsp3) is 0.917. The highest BCUT2D eigenvalue weighted by Crippen LogP contribution is 2.12. The van der Waals surface area contributed by atoms with Crippen molar-refractivity contribution in [2.75, 3.05) is 19.6 Å². The molecule has 0 aromatic rings. The Bertz CT molecular complexity index is 201. The average molecular weight is 228 g/mol. The van der Waals surface area contributed by atoms with Gasteiger partial charge in [0.05, 0.1) is 6.10 Å². The summed E-state index contributed by atoms with van der Waals surface area (Å²) in [6.45, 7) is 2.20. The van der Waals surface area contributed by atoms with E-state index in [0.29, 0.717) is 6.42 Å². The first-order valence-electron chi connectivity index (χ1n) is 6.40. The summed E-state index contributed by atoms with van der Waals surface area (Å²) in [5.41, 5.74) is 5.40. The minimum atomic E-state index is -0.200. The van der Waals surface area contributed by atoms with E-state index in [1.165, 1.54) is 0 Å². The van der Waals surface area contributed by atoms with Crippen LogP contribution < -0.4 is 5.73 Å². The quantitative estimate of drug-likeness (QED) is 0.663. The van der Waals surface area contributed by atoms with Crippen LogP contribution in [-0.2, 0) is 4.79 Å². The molecule has 1 saturated heterocycles. The van der Waals surface area contributed by atoms with Crippen molar-refractivity contribution in [2.45, 2.75) is 51.0 Å². The summed E-state index contributed by atoms with van der Waals surface area (Å²) in [6, 6.07) is 0. The fourth-order valence-electron chi connectivity index (χ4n) is 2.05. The maximum atomic E-state index is 11.8. The second-order valence-corrected chi connectivity index (χ2v) is 4.56. The van der Waals surface area contributed by atoms with Crippen LogP contribution in [0.1, 0.15) is 44.9 Å². The van der Waals surface area contributed by atoms with Gasteiger partial charge in [-0.25, -0.2) is 0 Å². The largest absolute Gasteiger partial charge is 0.393 e. The smallest absolute Gasteiger partial charge is 0.222 e. The normalized spacial score (nSPS) is 17.8. The van der Waals surface area contributed by atoms with Gasteiger partial charge in [0.25, 0.3) is 0 Å². The number of piperidine rings is 1. The first-order valence-corrected chi connectivity index (χ1v) is 6.40. The van der Waals surface area contributed by atoms with Gasteiger partial charge in [-0.15, -0.1) is 0 Å². The molecule has 1 aliphatic rings. The van der Waals surface area contributed by atoms with Crippen LogP contribution in [0.5, 0.6) is 0 Å². The molecule has 0 aromatic heterocycles. The number of unbranched alkanes of at least 4 members (excludes halogenated alkanes) is 3. The van der Waals surface area contributed by atoms with Crippen molar-refractivity contribution in [1.29, 1.82) is 0 Å². The molecule has 0 atom stereocenters. The van der Waals surface area contributed by atoms with E-state index in [4.69, 9.17) is 5.73 Å². The second kappa shape index (κ2) is 7.63. The Labute approximate surface area is 97.8 Å². The van der Waals surface area contributed by atoms with Gasteiger partial charge in [-0.2, -0.15) is 0 Å². The molecule has 4 heteroatoms. The van der Waals surface area contributed by atoms with Crippen molar-refractivity contribution >= 4 is 5.91 Å². The summed E-state index contributed by atoms with van der Waals surface area (Å²) in [4.78, 5) is 13.6. The maximum absolute atomic E-state index is 11.8. The van der Waals surface area contributed by atoms with E-state index in [0.717, 1.165) is 58.2 Å². The van der Waals surface area contributed by atoms with Gasteiger partial charge in [-0.1, -0.05) is 12.8 Å². The number of aliphatic hydroxyl groups is 1. The topological polar surface area (TPSA) is 66.6 Å². The van der Waals surface area contributed by atoms with Gasteiger partial charge >= 0.3 is 0 Å². The van der Waals surface area contributed by atoms with Gasteiger partial charge < -0.3 is 15.7 Å². The van der Waals surface area contributed by atoms with Crippen molar-refractivity contribution < 1.29 is 9.90 Å². The lowest BCUT2D eigenvalue weighted by atomic mass is 10.1. The molecule has 94 valence electrons. The molecule has 1 fully saturated rings. The van der Waals surface area contributed by atoms with E-state index in [9.17, 15) is 9.90 Å². The van der Waals surface area contributed by atoms with Crippen LogP contribution in [0, 0.1) is 0 Å². The molecule has 0 radical (unpaired) electrons. The minimum Gasteiger partial charge on any atom is -0.393 e. The van der Waals surface area contributed by atoms with Gasteiger partial charge in [0.15, 0.2) is 0 Å². The van der Waals surface area contributed by atoms with E-state index in [1.54, 1.807) is 0 Å². The predicted molar refractivity (Wildman–Crippen MR) is 64.0 cm³/mol. The number of aliphatic hydroxyl groups excluding tert-OH is 1. The van der Waals surface area contributed by atoms with Crippen LogP contribution in [0.2, 0.25) is 0 Å². The van der Waals surface area contributed by atoms with Gasteiger partial charge in [0.1, 0.15) is 0 Å². The Hall–Kier alpha value is -0.610. The molecule has 0 unspecified atom stereocenters. The lowest BCUT2D eigenvalue weighted by molar-refractivity contribution is -0.133. The summed E-state index contributed by atoms with van der Waals surface area (Å²) in [5, 5.41) is 9.33. The number of hydrogen-bond acceptors (Lipinski definition) is 3. The van der Waals surface area contributed by atoms with Gasteiger partial charge in [0.2, 0.25) is 5.91 Å². The van der Waals surface area contributed by atoms with Crippen LogP contribution >= 0.6 is 0 Å².